The molecule has 2 amide bonds. The number of carbonyl (C=O) groups excluding carboxylic acids is 2. The predicted molar refractivity (Wildman–Crippen MR) is 183 cm³/mol. The van der Waals surface area contributed by atoms with Crippen LogP contribution in [-0.2, 0) is 32.6 Å². The number of anilines is 1. The van der Waals surface area contributed by atoms with Gasteiger partial charge in [0.15, 0.2) is 0 Å². The van der Waals surface area contributed by atoms with Crippen LogP contribution >= 0.6 is 11.6 Å². The fourth-order valence-corrected chi connectivity index (χ4v) is 6.60. The Balaban J connectivity index is 1.80. The third kappa shape index (κ3) is 8.89. The molecule has 4 aromatic carbocycles. The van der Waals surface area contributed by atoms with Crippen LogP contribution in [0.15, 0.2) is 108 Å². The maximum Gasteiger partial charge on any atom is 0.264 e. The molecule has 0 aliphatic heterocycles. The third-order valence-corrected chi connectivity index (χ3v) is 9.48. The highest BCUT2D eigenvalue weighted by molar-refractivity contribution is 7.92. The lowest BCUT2D eigenvalue weighted by atomic mass is 10.0. The summed E-state index contributed by atoms with van der Waals surface area (Å²) in [5.41, 5.74) is 2.73. The highest BCUT2D eigenvalue weighted by atomic mass is 35.5. The molecule has 4 rings (SSSR count). The Morgan fingerprint density at radius 1 is 0.870 bits per heavy atom. The summed E-state index contributed by atoms with van der Waals surface area (Å²) >= 11 is 6.55. The Morgan fingerprint density at radius 3 is 2.11 bits per heavy atom. The summed E-state index contributed by atoms with van der Waals surface area (Å²) in [5.74, 6) is -0.379. The van der Waals surface area contributed by atoms with Crippen molar-refractivity contribution in [2.24, 2.45) is 0 Å². The number of benzene rings is 4. The topological polar surface area (TPSA) is 96.0 Å². The lowest BCUT2D eigenvalue weighted by Crippen LogP contribution is -2.54. The first-order valence-corrected chi connectivity index (χ1v) is 17.0. The van der Waals surface area contributed by atoms with Gasteiger partial charge in [0.2, 0.25) is 11.8 Å². The normalized spacial score (nSPS) is 12.0. The molecule has 1 atom stereocenters. The number of amides is 2. The van der Waals surface area contributed by atoms with Gasteiger partial charge in [-0.05, 0) is 81.3 Å². The molecule has 0 aromatic heterocycles. The van der Waals surface area contributed by atoms with E-state index in [9.17, 15) is 18.0 Å². The van der Waals surface area contributed by atoms with Crippen molar-refractivity contribution < 1.29 is 22.7 Å². The zero-order chi connectivity index (χ0) is 33.3. The van der Waals surface area contributed by atoms with Crippen molar-refractivity contribution in [3.8, 4) is 5.75 Å². The van der Waals surface area contributed by atoms with E-state index in [1.807, 2.05) is 58.0 Å². The molecule has 0 heterocycles. The van der Waals surface area contributed by atoms with Gasteiger partial charge in [-0.2, -0.15) is 0 Å². The van der Waals surface area contributed by atoms with E-state index in [-0.39, 0.29) is 29.8 Å². The highest BCUT2D eigenvalue weighted by Gasteiger charge is 2.35. The van der Waals surface area contributed by atoms with Gasteiger partial charge in [0, 0.05) is 24.0 Å². The van der Waals surface area contributed by atoms with Crippen LogP contribution in [0.5, 0.6) is 5.75 Å². The molecule has 8 nitrogen and oxygen atoms in total. The molecular weight excluding hydrogens is 622 g/mol. The molecule has 10 heteroatoms. The van der Waals surface area contributed by atoms with Crippen LogP contribution in [0.25, 0.3) is 0 Å². The van der Waals surface area contributed by atoms with Crippen LogP contribution < -0.4 is 14.4 Å². The van der Waals surface area contributed by atoms with Gasteiger partial charge >= 0.3 is 0 Å². The number of hydrogen-bond donors (Lipinski definition) is 1. The van der Waals surface area contributed by atoms with Crippen molar-refractivity contribution in [2.75, 3.05) is 17.5 Å². The van der Waals surface area contributed by atoms with Crippen LogP contribution in [0.4, 0.5) is 5.69 Å². The van der Waals surface area contributed by atoms with Gasteiger partial charge in [-0.3, -0.25) is 13.9 Å². The molecule has 0 saturated heterocycles. The van der Waals surface area contributed by atoms with E-state index < -0.39 is 28.5 Å². The molecule has 0 radical (unpaired) electrons. The van der Waals surface area contributed by atoms with E-state index >= 15 is 0 Å². The Labute approximate surface area is 277 Å². The molecule has 1 N–H and O–H groups in total. The number of halogens is 1. The van der Waals surface area contributed by atoms with E-state index in [0.717, 1.165) is 15.4 Å². The minimum absolute atomic E-state index is 0.000341. The number of aryl methyl sites for hydroxylation is 1. The van der Waals surface area contributed by atoms with Gasteiger partial charge in [0.25, 0.3) is 10.0 Å². The lowest BCUT2D eigenvalue weighted by Gasteiger charge is -2.34. The molecular formula is C36H40ClN3O5S. The SMILES string of the molecule is CCOc1ccc(S(=O)(=O)N(CC(=O)N(Cc2ccccc2Cl)C(Cc2ccccc2)C(=O)NC(C)C)c2ccc(C)cc2)cc1. The first kappa shape index (κ1) is 34.5. The highest BCUT2D eigenvalue weighted by Crippen LogP contribution is 2.27. The third-order valence-electron chi connectivity index (χ3n) is 7.32. The second-order valence-electron chi connectivity index (χ2n) is 11.2. The van der Waals surface area contributed by atoms with E-state index in [1.165, 1.54) is 17.0 Å². The molecule has 0 aliphatic carbocycles. The molecule has 0 fully saturated rings. The standard InChI is InChI=1S/C36H40ClN3O5S/c1-5-45-31-19-21-32(22-20-31)46(43,44)40(30-17-15-27(4)16-18-30)25-35(41)39(24-29-13-9-10-14-33(29)37)34(36(42)38-26(2)3)23-28-11-7-6-8-12-28/h6-22,26,34H,5,23-25H2,1-4H3,(H,38,42). The van der Waals surface area contributed by atoms with Gasteiger partial charge in [-0.15, -0.1) is 0 Å². The van der Waals surface area contributed by atoms with Gasteiger partial charge < -0.3 is 15.0 Å². The van der Waals surface area contributed by atoms with Crippen molar-refractivity contribution in [3.05, 3.63) is 125 Å². The second kappa shape index (κ2) is 15.8. The fourth-order valence-electron chi connectivity index (χ4n) is 4.99. The van der Waals surface area contributed by atoms with Crippen molar-refractivity contribution >= 4 is 39.1 Å². The first-order chi connectivity index (χ1) is 22.0. The van der Waals surface area contributed by atoms with Crippen molar-refractivity contribution in [1.29, 1.82) is 0 Å². The van der Waals surface area contributed by atoms with E-state index in [1.54, 1.807) is 60.7 Å². The monoisotopic (exact) mass is 661 g/mol. The number of carbonyl (C=O) groups is 2. The molecule has 242 valence electrons. The summed E-state index contributed by atoms with van der Waals surface area (Å²) in [5, 5.41) is 3.38. The first-order valence-electron chi connectivity index (χ1n) is 15.2. The van der Waals surface area contributed by atoms with Crippen LogP contribution in [-0.4, -0.2) is 50.4 Å². The maximum atomic E-state index is 14.5. The number of rotatable bonds is 14. The van der Waals surface area contributed by atoms with Crippen LogP contribution in [0.2, 0.25) is 5.02 Å². The summed E-state index contributed by atoms with van der Waals surface area (Å²) < 4.78 is 35.0. The smallest absolute Gasteiger partial charge is 0.264 e. The number of nitrogens with one attached hydrogen (secondary N) is 1. The Kier molecular flexibility index (Phi) is 11.8. The number of ether oxygens (including phenoxy) is 1. The minimum atomic E-state index is -4.23. The summed E-state index contributed by atoms with van der Waals surface area (Å²) in [4.78, 5) is 29.8. The summed E-state index contributed by atoms with van der Waals surface area (Å²) in [7, 11) is -4.23. The Morgan fingerprint density at radius 2 is 1.50 bits per heavy atom. The average molecular weight is 662 g/mol. The molecule has 0 bridgehead atoms. The summed E-state index contributed by atoms with van der Waals surface area (Å²) in [6, 6.07) is 28.4. The molecule has 0 spiro atoms. The average Bonchev–Trinajstić information content (AvgIpc) is 3.03. The van der Waals surface area contributed by atoms with E-state index in [4.69, 9.17) is 16.3 Å². The molecule has 1 unspecified atom stereocenters. The van der Waals surface area contributed by atoms with Gasteiger partial charge in [0.05, 0.1) is 17.2 Å². The zero-order valence-corrected chi connectivity index (χ0v) is 28.1. The van der Waals surface area contributed by atoms with Gasteiger partial charge in [-0.1, -0.05) is 77.8 Å². The van der Waals surface area contributed by atoms with E-state index in [0.29, 0.717) is 28.6 Å². The summed E-state index contributed by atoms with van der Waals surface area (Å²) in [6.45, 7) is 7.31. The zero-order valence-electron chi connectivity index (χ0n) is 26.5. The Bertz CT molecular complexity index is 1710. The van der Waals surface area contributed by atoms with Crippen molar-refractivity contribution in [1.82, 2.24) is 10.2 Å². The van der Waals surface area contributed by atoms with Crippen LogP contribution in [0.1, 0.15) is 37.5 Å². The van der Waals surface area contributed by atoms with Crippen LogP contribution in [0.3, 0.4) is 0 Å². The number of hydrogen-bond acceptors (Lipinski definition) is 5. The minimum Gasteiger partial charge on any atom is -0.494 e. The molecule has 0 aliphatic rings. The molecule has 4 aromatic rings. The predicted octanol–water partition coefficient (Wildman–Crippen LogP) is 6.41. The number of sulfonamides is 1. The summed E-state index contributed by atoms with van der Waals surface area (Å²) in [6.07, 6.45) is 0.214. The second-order valence-corrected chi connectivity index (χ2v) is 13.5. The quantitative estimate of drug-likeness (QED) is 0.169. The van der Waals surface area contributed by atoms with Gasteiger partial charge in [-0.25, -0.2) is 8.42 Å². The fraction of sp³-hybridized carbons (Fsp3) is 0.278. The van der Waals surface area contributed by atoms with Crippen LogP contribution in [0, 0.1) is 6.92 Å². The number of nitrogens with zero attached hydrogens (tertiary/aromatic N) is 2. The van der Waals surface area contributed by atoms with Crippen molar-refractivity contribution in [2.45, 2.75) is 57.6 Å². The van der Waals surface area contributed by atoms with E-state index in [2.05, 4.69) is 5.32 Å². The lowest BCUT2D eigenvalue weighted by molar-refractivity contribution is -0.140. The van der Waals surface area contributed by atoms with Gasteiger partial charge in [0.1, 0.15) is 18.3 Å². The van der Waals surface area contributed by atoms with Crippen molar-refractivity contribution in [3.63, 3.8) is 0 Å². The molecule has 0 saturated carbocycles. The largest absolute Gasteiger partial charge is 0.494 e. The Hall–Kier alpha value is -4.34. The molecule has 46 heavy (non-hydrogen) atoms. The maximum absolute atomic E-state index is 14.5.